The third kappa shape index (κ3) is 5.45. The Bertz CT molecular complexity index is 1040. The van der Waals surface area contributed by atoms with Crippen molar-refractivity contribution in [1.82, 2.24) is 0 Å². The summed E-state index contributed by atoms with van der Waals surface area (Å²) in [6, 6.07) is 10.1. The second kappa shape index (κ2) is 8.09. The van der Waals surface area contributed by atoms with Crippen LogP contribution in [0.2, 0.25) is 0 Å². The van der Waals surface area contributed by atoms with Crippen LogP contribution in [0.3, 0.4) is 0 Å². The van der Waals surface area contributed by atoms with Crippen LogP contribution in [-0.4, -0.2) is 41.4 Å². The first-order valence-corrected chi connectivity index (χ1v) is 11.8. The molecule has 0 spiro atoms. The predicted molar refractivity (Wildman–Crippen MR) is 110 cm³/mol. The zero-order valence-electron chi connectivity index (χ0n) is 15.6. The minimum Gasteiger partial charge on any atom is -0.350 e. The molecule has 2 rings (SSSR count). The first-order chi connectivity index (χ1) is 13.3. The van der Waals surface area contributed by atoms with Gasteiger partial charge in [0.1, 0.15) is 0 Å². The Labute approximate surface area is 168 Å². The third-order valence-corrected chi connectivity index (χ3v) is 5.92. The summed E-state index contributed by atoms with van der Waals surface area (Å²) < 4.78 is 47.8. The number of nitrogens with zero attached hydrogens (tertiary/aromatic N) is 2. The number of primary amides is 2. The molecule has 0 fully saturated rings. The first kappa shape index (κ1) is 22.2. The van der Waals surface area contributed by atoms with Crippen molar-refractivity contribution in [1.29, 1.82) is 0 Å². The molecule has 0 aliphatic rings. The number of anilines is 2. The maximum Gasteiger partial charge on any atom is 0.333 e. The molecule has 29 heavy (non-hydrogen) atoms. The zero-order chi connectivity index (χ0) is 22.0. The summed E-state index contributed by atoms with van der Waals surface area (Å²) in [4.78, 5) is 22.8. The maximum atomic E-state index is 11.7. The minimum atomic E-state index is -3.85. The molecule has 0 aliphatic carbocycles. The molecule has 0 saturated carbocycles. The molecule has 0 heterocycles. The van der Waals surface area contributed by atoms with Crippen LogP contribution in [0, 0.1) is 0 Å². The number of benzene rings is 2. The number of hydrogen-bond donors (Lipinski definition) is 2. The Kier molecular flexibility index (Phi) is 6.18. The van der Waals surface area contributed by atoms with E-state index in [2.05, 4.69) is 0 Å². The van der Waals surface area contributed by atoms with Crippen molar-refractivity contribution in [3.63, 3.8) is 0 Å². The lowest BCUT2D eigenvalue weighted by Gasteiger charge is -2.18. The van der Waals surface area contributed by atoms with Gasteiger partial charge in [-0.1, -0.05) is 24.3 Å². The lowest BCUT2D eigenvalue weighted by Crippen LogP contribution is -2.40. The lowest BCUT2D eigenvalue weighted by atomic mass is 10.0. The number of hydrogen-bond acceptors (Lipinski definition) is 6. The van der Waals surface area contributed by atoms with E-state index in [0.717, 1.165) is 23.6 Å². The van der Waals surface area contributed by atoms with Crippen molar-refractivity contribution >= 4 is 43.5 Å². The minimum absolute atomic E-state index is 0.115. The summed E-state index contributed by atoms with van der Waals surface area (Å²) in [6.07, 6.45) is 2.18. The second-order valence-corrected chi connectivity index (χ2v) is 9.90. The van der Waals surface area contributed by atoms with Crippen LogP contribution in [0.5, 0.6) is 0 Å². The Morgan fingerprint density at radius 1 is 0.690 bits per heavy atom. The number of sulfonamides is 2. The van der Waals surface area contributed by atoms with Gasteiger partial charge in [-0.05, 0) is 41.8 Å². The molecule has 0 unspecified atom stereocenters. The summed E-state index contributed by atoms with van der Waals surface area (Å²) in [7, 11) is -7.71. The van der Waals surface area contributed by atoms with Gasteiger partial charge < -0.3 is 11.5 Å². The number of nitrogens with two attached hydrogens (primary N) is 2. The summed E-state index contributed by atoms with van der Waals surface area (Å²) in [6.45, 7) is 0. The Morgan fingerprint density at radius 3 is 1.17 bits per heavy atom. The van der Waals surface area contributed by atoms with E-state index in [0.29, 0.717) is 15.0 Å². The molecule has 0 saturated heterocycles. The van der Waals surface area contributed by atoms with Crippen LogP contribution in [0.4, 0.5) is 21.0 Å². The van der Waals surface area contributed by atoms with Crippen molar-refractivity contribution in [3.05, 3.63) is 59.7 Å². The van der Waals surface area contributed by atoms with Gasteiger partial charge in [0, 0.05) is 0 Å². The van der Waals surface area contributed by atoms with E-state index in [1.54, 1.807) is 24.3 Å². The highest BCUT2D eigenvalue weighted by Gasteiger charge is 2.23. The zero-order valence-corrected chi connectivity index (χ0v) is 17.3. The monoisotopic (exact) mass is 440 g/mol. The van der Waals surface area contributed by atoms with Gasteiger partial charge in [0.05, 0.1) is 23.9 Å². The van der Waals surface area contributed by atoms with Gasteiger partial charge >= 0.3 is 12.1 Å². The average Bonchev–Trinajstić information content (AvgIpc) is 2.55. The van der Waals surface area contributed by atoms with Crippen LogP contribution in [0.15, 0.2) is 48.5 Å². The second-order valence-electron chi connectivity index (χ2n) is 6.24. The van der Waals surface area contributed by atoms with E-state index in [1.807, 2.05) is 0 Å². The molecule has 2 aromatic carbocycles. The molecule has 0 radical (unpaired) electrons. The van der Waals surface area contributed by atoms with Crippen molar-refractivity contribution in [2.24, 2.45) is 11.5 Å². The standard InChI is InChI=1S/C17H20N4O6S2/c1-28(24,25)20(16(18)22)14-7-3-12(4-8-14)11-13-5-9-15(10-6-13)21(17(19)23)29(2,26)27/h3-10H,11H2,1-2H3,(H2,18,22)(H2,19,23). The molecular weight excluding hydrogens is 420 g/mol. The van der Waals surface area contributed by atoms with E-state index < -0.39 is 32.1 Å². The molecule has 2 aromatic rings. The summed E-state index contributed by atoms with van der Waals surface area (Å²) in [5.74, 6) is 0. The molecule has 4 N–H and O–H groups in total. The van der Waals surface area contributed by atoms with E-state index >= 15 is 0 Å². The predicted octanol–water partition coefficient (Wildman–Crippen LogP) is 0.967. The van der Waals surface area contributed by atoms with E-state index in [4.69, 9.17) is 11.5 Å². The summed E-state index contributed by atoms with van der Waals surface area (Å²) >= 11 is 0. The van der Waals surface area contributed by atoms with Gasteiger partial charge in [-0.3, -0.25) is 0 Å². The third-order valence-electron chi connectivity index (χ3n) is 3.81. The van der Waals surface area contributed by atoms with Gasteiger partial charge in [0.15, 0.2) is 0 Å². The number of carbonyl (C=O) groups excluding carboxylic acids is 2. The van der Waals surface area contributed by atoms with E-state index in [9.17, 15) is 26.4 Å². The van der Waals surface area contributed by atoms with E-state index in [1.165, 1.54) is 24.3 Å². The highest BCUT2D eigenvalue weighted by atomic mass is 32.2. The summed E-state index contributed by atoms with van der Waals surface area (Å²) in [5.41, 5.74) is 12.1. The van der Waals surface area contributed by atoms with Gasteiger partial charge in [0.2, 0.25) is 20.0 Å². The molecule has 0 bridgehead atoms. The SMILES string of the molecule is CS(=O)(=O)N(C(N)=O)c1ccc(Cc2ccc(N(C(N)=O)S(C)(=O)=O)cc2)cc1. The number of carbonyl (C=O) groups is 2. The van der Waals surface area contributed by atoms with Crippen molar-refractivity contribution in [3.8, 4) is 0 Å². The first-order valence-electron chi connectivity index (χ1n) is 8.08. The quantitative estimate of drug-likeness (QED) is 0.680. The molecule has 4 amide bonds. The topological polar surface area (TPSA) is 161 Å². The lowest BCUT2D eigenvalue weighted by molar-refractivity contribution is 0.256. The number of amides is 4. The molecule has 12 heteroatoms. The molecule has 10 nitrogen and oxygen atoms in total. The van der Waals surface area contributed by atoms with Crippen molar-refractivity contribution in [2.45, 2.75) is 6.42 Å². The van der Waals surface area contributed by atoms with Crippen LogP contribution in [-0.2, 0) is 26.5 Å². The van der Waals surface area contributed by atoms with Gasteiger partial charge in [-0.15, -0.1) is 0 Å². The van der Waals surface area contributed by atoms with Crippen LogP contribution in [0.25, 0.3) is 0 Å². The normalized spacial score (nSPS) is 11.7. The van der Waals surface area contributed by atoms with Gasteiger partial charge in [-0.25, -0.2) is 26.4 Å². The Balaban J connectivity index is 2.23. The highest BCUT2D eigenvalue weighted by molar-refractivity contribution is 7.93. The van der Waals surface area contributed by atoms with Crippen LogP contribution >= 0.6 is 0 Å². The van der Waals surface area contributed by atoms with Crippen molar-refractivity contribution in [2.75, 3.05) is 21.1 Å². The Morgan fingerprint density at radius 2 is 0.966 bits per heavy atom. The molecular formula is C17H20N4O6S2. The van der Waals surface area contributed by atoms with Crippen LogP contribution in [0.1, 0.15) is 11.1 Å². The fourth-order valence-electron chi connectivity index (χ4n) is 2.70. The van der Waals surface area contributed by atoms with Crippen molar-refractivity contribution < 1.29 is 26.4 Å². The Hall–Kier alpha value is -3.12. The van der Waals surface area contributed by atoms with Crippen LogP contribution < -0.4 is 20.1 Å². The molecule has 156 valence electrons. The fraction of sp³-hybridized carbons (Fsp3) is 0.176. The summed E-state index contributed by atoms with van der Waals surface area (Å²) in [5, 5.41) is 0. The van der Waals surface area contributed by atoms with Gasteiger partial charge in [-0.2, -0.15) is 8.61 Å². The smallest absolute Gasteiger partial charge is 0.333 e. The van der Waals surface area contributed by atoms with Gasteiger partial charge in [0.25, 0.3) is 0 Å². The number of urea groups is 2. The van der Waals surface area contributed by atoms with E-state index in [-0.39, 0.29) is 11.4 Å². The number of rotatable bonds is 6. The molecule has 0 aliphatic heterocycles. The molecule has 0 aromatic heterocycles. The maximum absolute atomic E-state index is 11.7. The largest absolute Gasteiger partial charge is 0.350 e. The fourth-order valence-corrected chi connectivity index (χ4v) is 4.36. The average molecular weight is 441 g/mol. The molecule has 0 atom stereocenters. The highest BCUT2D eigenvalue weighted by Crippen LogP contribution is 2.22.